The van der Waals surface area contributed by atoms with Gasteiger partial charge in [-0.2, -0.15) is 0 Å². The summed E-state index contributed by atoms with van der Waals surface area (Å²) in [5.74, 6) is 0. The van der Waals surface area contributed by atoms with Crippen molar-refractivity contribution >= 4 is 11.3 Å². The molecule has 0 bridgehead atoms. The molecule has 0 saturated heterocycles. The molecule has 1 aromatic rings. The molecule has 1 aliphatic carbocycles. The van der Waals surface area contributed by atoms with Crippen LogP contribution >= 0.6 is 11.3 Å². The average Bonchev–Trinajstić information content (AvgIpc) is 2.83. The third-order valence-corrected chi connectivity index (χ3v) is 5.14. The lowest BCUT2D eigenvalue weighted by Crippen LogP contribution is -2.47. The molecule has 1 heterocycles. The topological polar surface area (TPSA) is 21.3 Å². The standard InChI is InChI=1S/C16H27NOS/c1-4-17-15(14-9-12-19-13(14)3)16(18-5-2)10-7-6-8-11-16/h9,12,15,17H,4-8,10-11H2,1-3H3. The van der Waals surface area contributed by atoms with Crippen molar-refractivity contribution in [1.29, 1.82) is 0 Å². The number of likely N-dealkylation sites (N-methyl/N-ethyl adjacent to an activating group) is 1. The number of aryl methyl sites for hydroxylation is 1. The molecule has 3 heteroatoms. The number of ether oxygens (including phenoxy) is 1. The first kappa shape index (κ1) is 15.0. The van der Waals surface area contributed by atoms with Crippen LogP contribution in [0.15, 0.2) is 11.4 Å². The molecule has 1 fully saturated rings. The predicted octanol–water partition coefficient (Wildman–Crippen LogP) is 4.45. The monoisotopic (exact) mass is 281 g/mol. The van der Waals surface area contributed by atoms with Gasteiger partial charge in [-0.15, -0.1) is 11.3 Å². The van der Waals surface area contributed by atoms with E-state index in [0.29, 0.717) is 6.04 Å². The minimum atomic E-state index is 0.00877. The van der Waals surface area contributed by atoms with Crippen LogP contribution in [0.1, 0.15) is 62.4 Å². The Kier molecular flexibility index (Phi) is 5.43. The highest BCUT2D eigenvalue weighted by molar-refractivity contribution is 7.10. The van der Waals surface area contributed by atoms with E-state index >= 15 is 0 Å². The highest BCUT2D eigenvalue weighted by atomic mass is 32.1. The van der Waals surface area contributed by atoms with Gasteiger partial charge in [0.25, 0.3) is 0 Å². The van der Waals surface area contributed by atoms with Crippen molar-refractivity contribution in [2.45, 2.75) is 64.5 Å². The molecule has 0 aromatic carbocycles. The molecule has 0 aliphatic heterocycles. The molecule has 108 valence electrons. The fourth-order valence-corrected chi connectivity index (χ4v) is 4.17. The van der Waals surface area contributed by atoms with E-state index in [-0.39, 0.29) is 5.60 Å². The van der Waals surface area contributed by atoms with Crippen molar-refractivity contribution in [3.8, 4) is 0 Å². The Labute approximate surface area is 121 Å². The SMILES string of the molecule is CCNC(c1ccsc1C)C1(OCC)CCCCC1. The maximum absolute atomic E-state index is 6.31. The van der Waals surface area contributed by atoms with E-state index in [1.165, 1.54) is 42.5 Å². The van der Waals surface area contributed by atoms with Gasteiger partial charge in [0.1, 0.15) is 0 Å². The Morgan fingerprint density at radius 3 is 2.58 bits per heavy atom. The van der Waals surface area contributed by atoms with Gasteiger partial charge in [-0.1, -0.05) is 26.2 Å². The zero-order valence-corrected chi connectivity index (χ0v) is 13.3. The lowest BCUT2D eigenvalue weighted by molar-refractivity contribution is -0.0910. The summed E-state index contributed by atoms with van der Waals surface area (Å²) in [6.45, 7) is 8.35. The minimum Gasteiger partial charge on any atom is -0.373 e. The van der Waals surface area contributed by atoms with Crippen LogP contribution in [-0.4, -0.2) is 18.8 Å². The number of hydrogen-bond acceptors (Lipinski definition) is 3. The number of hydrogen-bond donors (Lipinski definition) is 1. The molecule has 2 nitrogen and oxygen atoms in total. The Balaban J connectivity index is 2.31. The summed E-state index contributed by atoms with van der Waals surface area (Å²) in [6, 6.07) is 2.63. The molecule has 2 rings (SSSR count). The second-order valence-corrected chi connectivity index (χ2v) is 6.60. The van der Waals surface area contributed by atoms with Crippen LogP contribution in [-0.2, 0) is 4.74 Å². The van der Waals surface area contributed by atoms with Gasteiger partial charge in [0.05, 0.1) is 11.6 Å². The first-order chi connectivity index (χ1) is 9.23. The maximum Gasteiger partial charge on any atom is 0.0876 e. The van der Waals surface area contributed by atoms with Gasteiger partial charge in [-0.25, -0.2) is 0 Å². The summed E-state index contributed by atoms with van der Waals surface area (Å²) in [6.07, 6.45) is 6.33. The molecular formula is C16H27NOS. The molecule has 19 heavy (non-hydrogen) atoms. The zero-order valence-electron chi connectivity index (χ0n) is 12.5. The molecule has 1 atom stereocenters. The molecule has 1 saturated carbocycles. The molecular weight excluding hydrogens is 254 g/mol. The van der Waals surface area contributed by atoms with Crippen molar-refractivity contribution < 1.29 is 4.74 Å². The lowest BCUT2D eigenvalue weighted by Gasteiger charge is -2.44. The minimum absolute atomic E-state index is 0.00877. The van der Waals surface area contributed by atoms with Crippen molar-refractivity contribution in [3.63, 3.8) is 0 Å². The normalized spacial score (nSPS) is 20.4. The lowest BCUT2D eigenvalue weighted by atomic mass is 9.76. The van der Waals surface area contributed by atoms with E-state index in [0.717, 1.165) is 13.2 Å². The second kappa shape index (κ2) is 6.87. The molecule has 0 spiro atoms. The largest absolute Gasteiger partial charge is 0.373 e. The van der Waals surface area contributed by atoms with E-state index in [9.17, 15) is 0 Å². The van der Waals surface area contributed by atoms with Crippen LogP contribution in [0.25, 0.3) is 0 Å². The van der Waals surface area contributed by atoms with E-state index in [1.54, 1.807) is 0 Å². The van der Waals surface area contributed by atoms with Gasteiger partial charge in [-0.3, -0.25) is 0 Å². The molecule has 1 aromatic heterocycles. The van der Waals surface area contributed by atoms with Crippen LogP contribution in [0.5, 0.6) is 0 Å². The molecule has 1 unspecified atom stereocenters. The zero-order chi connectivity index (χ0) is 13.7. The Morgan fingerprint density at radius 1 is 1.32 bits per heavy atom. The highest BCUT2D eigenvalue weighted by Gasteiger charge is 2.41. The summed E-state index contributed by atoms with van der Waals surface area (Å²) in [5.41, 5.74) is 1.46. The molecule has 1 aliphatic rings. The predicted molar refractivity (Wildman–Crippen MR) is 82.9 cm³/mol. The Morgan fingerprint density at radius 2 is 2.05 bits per heavy atom. The summed E-state index contributed by atoms with van der Waals surface area (Å²) < 4.78 is 6.31. The van der Waals surface area contributed by atoms with Crippen LogP contribution in [0.2, 0.25) is 0 Å². The van der Waals surface area contributed by atoms with Gasteiger partial charge in [0, 0.05) is 11.5 Å². The van der Waals surface area contributed by atoms with E-state index < -0.39 is 0 Å². The molecule has 1 N–H and O–H groups in total. The van der Waals surface area contributed by atoms with Crippen molar-refractivity contribution in [1.82, 2.24) is 5.32 Å². The Hall–Kier alpha value is -0.380. The third kappa shape index (κ3) is 3.21. The van der Waals surface area contributed by atoms with E-state index in [2.05, 4.69) is 37.5 Å². The maximum atomic E-state index is 6.31. The van der Waals surface area contributed by atoms with Gasteiger partial charge in [0.15, 0.2) is 0 Å². The fourth-order valence-electron chi connectivity index (χ4n) is 3.43. The van der Waals surface area contributed by atoms with E-state index in [4.69, 9.17) is 4.74 Å². The molecule has 0 amide bonds. The number of nitrogens with one attached hydrogen (secondary N) is 1. The van der Waals surface area contributed by atoms with Gasteiger partial charge >= 0.3 is 0 Å². The Bertz CT molecular complexity index is 376. The summed E-state index contributed by atoms with van der Waals surface area (Å²) in [5, 5.41) is 5.91. The van der Waals surface area contributed by atoms with Gasteiger partial charge in [-0.05, 0) is 50.2 Å². The van der Waals surface area contributed by atoms with Crippen LogP contribution in [0.3, 0.4) is 0 Å². The summed E-state index contributed by atoms with van der Waals surface area (Å²) >= 11 is 1.84. The fraction of sp³-hybridized carbons (Fsp3) is 0.750. The quantitative estimate of drug-likeness (QED) is 0.832. The van der Waals surface area contributed by atoms with Crippen LogP contribution in [0, 0.1) is 6.92 Å². The molecule has 0 radical (unpaired) electrons. The first-order valence-corrected chi connectivity index (χ1v) is 8.53. The summed E-state index contributed by atoms with van der Waals surface area (Å²) in [7, 11) is 0. The van der Waals surface area contributed by atoms with Crippen molar-refractivity contribution in [3.05, 3.63) is 21.9 Å². The second-order valence-electron chi connectivity index (χ2n) is 5.48. The van der Waals surface area contributed by atoms with Crippen LogP contribution in [0.4, 0.5) is 0 Å². The third-order valence-electron chi connectivity index (χ3n) is 4.28. The first-order valence-electron chi connectivity index (χ1n) is 7.65. The van der Waals surface area contributed by atoms with Crippen LogP contribution < -0.4 is 5.32 Å². The summed E-state index contributed by atoms with van der Waals surface area (Å²) in [4.78, 5) is 1.43. The number of rotatable bonds is 6. The average molecular weight is 281 g/mol. The van der Waals surface area contributed by atoms with E-state index in [1.807, 2.05) is 11.3 Å². The van der Waals surface area contributed by atoms with Gasteiger partial charge < -0.3 is 10.1 Å². The van der Waals surface area contributed by atoms with Gasteiger partial charge in [0.2, 0.25) is 0 Å². The highest BCUT2D eigenvalue weighted by Crippen LogP contribution is 2.43. The van der Waals surface area contributed by atoms with Crippen molar-refractivity contribution in [2.75, 3.05) is 13.2 Å². The number of thiophene rings is 1. The smallest absolute Gasteiger partial charge is 0.0876 e. The van der Waals surface area contributed by atoms with Crippen molar-refractivity contribution in [2.24, 2.45) is 0 Å².